The first kappa shape index (κ1) is 12.0. The minimum atomic E-state index is 0.560. The van der Waals surface area contributed by atoms with Crippen LogP contribution in [0.25, 0.3) is 20.8 Å². The molecule has 3 aromatic rings. The second-order valence-corrected chi connectivity index (χ2v) is 5.91. The Morgan fingerprint density at radius 1 is 1.06 bits per heavy atom. The highest BCUT2D eigenvalue weighted by molar-refractivity contribution is 7.21. The van der Waals surface area contributed by atoms with Gasteiger partial charge in [0.2, 0.25) is 0 Å². The summed E-state index contributed by atoms with van der Waals surface area (Å²) in [6.45, 7) is 2.07. The van der Waals surface area contributed by atoms with Gasteiger partial charge in [-0.1, -0.05) is 41.4 Å². The Hall–Kier alpha value is -1.09. The van der Waals surface area contributed by atoms with Gasteiger partial charge < -0.3 is 0 Å². The third kappa shape index (κ3) is 2.01. The van der Waals surface area contributed by atoms with Gasteiger partial charge >= 0.3 is 0 Å². The van der Waals surface area contributed by atoms with Crippen molar-refractivity contribution in [2.24, 2.45) is 0 Å². The Bertz CT molecular complexity index is 734. The molecule has 0 aliphatic rings. The summed E-state index contributed by atoms with van der Waals surface area (Å²) in [5.41, 5.74) is 3.25. The third-order valence-corrected chi connectivity index (χ3v) is 4.60. The van der Waals surface area contributed by atoms with Gasteiger partial charge in [-0.25, -0.2) is 4.98 Å². The molecule has 0 unspecified atom stereocenters. The van der Waals surface area contributed by atoms with Gasteiger partial charge in [-0.2, -0.15) is 0 Å². The van der Waals surface area contributed by atoms with E-state index in [1.807, 2.05) is 12.1 Å². The van der Waals surface area contributed by atoms with Crippen molar-refractivity contribution in [1.82, 2.24) is 4.98 Å². The molecular weight excluding hydrogens is 285 g/mol. The van der Waals surface area contributed by atoms with Gasteiger partial charge in [0.1, 0.15) is 5.01 Å². The summed E-state index contributed by atoms with van der Waals surface area (Å²) in [5, 5.41) is 2.10. The van der Waals surface area contributed by atoms with E-state index in [4.69, 9.17) is 23.2 Å². The van der Waals surface area contributed by atoms with E-state index in [1.54, 1.807) is 17.4 Å². The first-order chi connectivity index (χ1) is 8.65. The first-order valence-corrected chi connectivity index (χ1v) is 7.04. The molecule has 0 amide bonds. The van der Waals surface area contributed by atoms with Crippen LogP contribution in [-0.2, 0) is 0 Å². The maximum Gasteiger partial charge on any atom is 0.124 e. The zero-order valence-corrected chi connectivity index (χ0v) is 11.9. The fourth-order valence-electron chi connectivity index (χ4n) is 1.84. The number of aromatic nitrogens is 1. The SMILES string of the molecule is Cc1cccc2sc(-c3ccc(Cl)c(Cl)c3)nc12. The van der Waals surface area contributed by atoms with Crippen molar-refractivity contribution in [3.63, 3.8) is 0 Å². The summed E-state index contributed by atoms with van der Waals surface area (Å²) < 4.78 is 1.19. The average molecular weight is 294 g/mol. The monoisotopic (exact) mass is 293 g/mol. The fourth-order valence-corrected chi connectivity index (χ4v) is 3.18. The largest absolute Gasteiger partial charge is 0.236 e. The van der Waals surface area contributed by atoms with Crippen LogP contribution in [0.2, 0.25) is 10.0 Å². The highest BCUT2D eigenvalue weighted by Gasteiger charge is 2.09. The van der Waals surface area contributed by atoms with Gasteiger partial charge in [-0.3, -0.25) is 0 Å². The molecular formula is C14H9Cl2NS. The van der Waals surface area contributed by atoms with E-state index in [2.05, 4.69) is 30.1 Å². The number of thiazole rings is 1. The van der Waals surface area contributed by atoms with Crippen molar-refractivity contribution in [2.75, 3.05) is 0 Å². The number of benzene rings is 2. The molecule has 1 nitrogen and oxygen atoms in total. The molecule has 4 heteroatoms. The predicted octanol–water partition coefficient (Wildman–Crippen LogP) is 5.58. The molecule has 2 aromatic carbocycles. The molecule has 0 atom stereocenters. The van der Waals surface area contributed by atoms with E-state index < -0.39 is 0 Å². The lowest BCUT2D eigenvalue weighted by Crippen LogP contribution is -1.78. The molecule has 0 aliphatic carbocycles. The standard InChI is InChI=1S/C14H9Cl2NS/c1-8-3-2-4-12-13(8)17-14(18-12)9-5-6-10(15)11(16)7-9/h2-7H,1H3. The number of aryl methyl sites for hydroxylation is 1. The maximum absolute atomic E-state index is 6.04. The summed E-state index contributed by atoms with van der Waals surface area (Å²) in [4.78, 5) is 4.67. The molecule has 3 rings (SSSR count). The molecule has 0 radical (unpaired) electrons. The molecule has 0 saturated heterocycles. The highest BCUT2D eigenvalue weighted by Crippen LogP contribution is 2.34. The van der Waals surface area contributed by atoms with Crippen molar-refractivity contribution in [1.29, 1.82) is 0 Å². The Kier molecular flexibility index (Phi) is 3.02. The Labute approximate surface area is 119 Å². The van der Waals surface area contributed by atoms with Gasteiger partial charge in [0, 0.05) is 5.56 Å². The lowest BCUT2D eigenvalue weighted by molar-refractivity contribution is 1.42. The zero-order valence-electron chi connectivity index (χ0n) is 9.58. The van der Waals surface area contributed by atoms with Crippen LogP contribution in [0, 0.1) is 6.92 Å². The normalized spacial score (nSPS) is 11.1. The van der Waals surface area contributed by atoms with E-state index in [0.717, 1.165) is 16.1 Å². The number of nitrogens with zero attached hydrogens (tertiary/aromatic N) is 1. The molecule has 0 saturated carbocycles. The van der Waals surface area contributed by atoms with Gasteiger partial charge in [-0.05, 0) is 30.7 Å². The van der Waals surface area contributed by atoms with Crippen molar-refractivity contribution in [2.45, 2.75) is 6.92 Å². The zero-order chi connectivity index (χ0) is 12.7. The van der Waals surface area contributed by atoms with Crippen LogP contribution in [0.15, 0.2) is 36.4 Å². The van der Waals surface area contributed by atoms with Crippen molar-refractivity contribution in [3.05, 3.63) is 52.0 Å². The van der Waals surface area contributed by atoms with Crippen LogP contribution >= 0.6 is 34.5 Å². The van der Waals surface area contributed by atoms with Gasteiger partial charge in [0.05, 0.1) is 20.3 Å². The number of rotatable bonds is 1. The second kappa shape index (κ2) is 4.54. The van der Waals surface area contributed by atoms with Crippen molar-refractivity contribution < 1.29 is 0 Å². The quantitative estimate of drug-likeness (QED) is 0.571. The topological polar surface area (TPSA) is 12.9 Å². The summed E-state index contributed by atoms with van der Waals surface area (Å²) in [7, 11) is 0. The van der Waals surface area contributed by atoms with Gasteiger partial charge in [-0.15, -0.1) is 11.3 Å². The fraction of sp³-hybridized carbons (Fsp3) is 0.0714. The van der Waals surface area contributed by atoms with Crippen LogP contribution in [0.1, 0.15) is 5.56 Å². The van der Waals surface area contributed by atoms with E-state index in [-0.39, 0.29) is 0 Å². The molecule has 0 N–H and O–H groups in total. The Balaban J connectivity index is 2.19. The summed E-state index contributed by atoms with van der Waals surface area (Å²) in [6.07, 6.45) is 0. The number of halogens is 2. The molecule has 90 valence electrons. The van der Waals surface area contributed by atoms with E-state index in [1.165, 1.54) is 10.3 Å². The van der Waals surface area contributed by atoms with Crippen LogP contribution in [0.5, 0.6) is 0 Å². The second-order valence-electron chi connectivity index (χ2n) is 4.07. The van der Waals surface area contributed by atoms with E-state index in [0.29, 0.717) is 10.0 Å². The molecule has 18 heavy (non-hydrogen) atoms. The lowest BCUT2D eigenvalue weighted by Gasteiger charge is -1.98. The van der Waals surface area contributed by atoms with E-state index in [9.17, 15) is 0 Å². The predicted molar refractivity (Wildman–Crippen MR) is 79.8 cm³/mol. The number of hydrogen-bond acceptors (Lipinski definition) is 2. The minimum absolute atomic E-state index is 0.560. The Morgan fingerprint density at radius 3 is 2.61 bits per heavy atom. The van der Waals surface area contributed by atoms with Crippen LogP contribution < -0.4 is 0 Å². The smallest absolute Gasteiger partial charge is 0.124 e. The molecule has 1 heterocycles. The molecule has 0 spiro atoms. The Morgan fingerprint density at radius 2 is 1.89 bits per heavy atom. The molecule has 0 aliphatic heterocycles. The average Bonchev–Trinajstić information content (AvgIpc) is 2.78. The van der Waals surface area contributed by atoms with Gasteiger partial charge in [0.25, 0.3) is 0 Å². The van der Waals surface area contributed by atoms with Crippen LogP contribution in [-0.4, -0.2) is 4.98 Å². The first-order valence-electron chi connectivity index (χ1n) is 5.47. The van der Waals surface area contributed by atoms with Crippen LogP contribution in [0.3, 0.4) is 0 Å². The summed E-state index contributed by atoms with van der Waals surface area (Å²) in [6, 6.07) is 11.8. The number of para-hydroxylation sites is 1. The number of fused-ring (bicyclic) bond motifs is 1. The molecule has 0 bridgehead atoms. The molecule has 0 fully saturated rings. The lowest BCUT2D eigenvalue weighted by atomic mass is 10.2. The van der Waals surface area contributed by atoms with Crippen LogP contribution in [0.4, 0.5) is 0 Å². The third-order valence-electron chi connectivity index (χ3n) is 2.79. The minimum Gasteiger partial charge on any atom is -0.236 e. The van der Waals surface area contributed by atoms with E-state index >= 15 is 0 Å². The van der Waals surface area contributed by atoms with Crippen molar-refractivity contribution in [3.8, 4) is 10.6 Å². The maximum atomic E-state index is 6.04. The highest BCUT2D eigenvalue weighted by atomic mass is 35.5. The summed E-state index contributed by atoms with van der Waals surface area (Å²) in [5.74, 6) is 0. The van der Waals surface area contributed by atoms with Gasteiger partial charge in [0.15, 0.2) is 0 Å². The molecule has 1 aromatic heterocycles. The number of hydrogen-bond donors (Lipinski definition) is 0. The summed E-state index contributed by atoms with van der Waals surface area (Å²) >= 11 is 13.6. The van der Waals surface area contributed by atoms with Crippen molar-refractivity contribution >= 4 is 44.8 Å².